The second kappa shape index (κ2) is 8.88. The fourth-order valence-electron chi connectivity index (χ4n) is 4.46. The van der Waals surface area contributed by atoms with Gasteiger partial charge in [-0.1, -0.05) is 18.2 Å². The number of piperidine rings is 1. The van der Waals surface area contributed by atoms with Gasteiger partial charge in [0.1, 0.15) is 5.82 Å². The summed E-state index contributed by atoms with van der Waals surface area (Å²) < 4.78 is 2.22. The summed E-state index contributed by atoms with van der Waals surface area (Å²) in [6.45, 7) is 9.12. The van der Waals surface area contributed by atoms with E-state index in [1.54, 1.807) is 0 Å². The van der Waals surface area contributed by atoms with Crippen LogP contribution in [0.25, 0.3) is 0 Å². The Balaban J connectivity index is 1.26. The lowest BCUT2D eigenvalue weighted by atomic mass is 10.0. The van der Waals surface area contributed by atoms with Crippen molar-refractivity contribution in [2.75, 3.05) is 44.2 Å². The minimum absolute atomic E-state index is 0.0460. The van der Waals surface area contributed by atoms with Crippen molar-refractivity contribution in [1.82, 2.24) is 19.4 Å². The molecule has 0 saturated carbocycles. The second-order valence-electron chi connectivity index (χ2n) is 7.88. The molecule has 0 spiro atoms. The van der Waals surface area contributed by atoms with Crippen LogP contribution in [0.3, 0.4) is 0 Å². The molecule has 2 fully saturated rings. The van der Waals surface area contributed by atoms with Crippen molar-refractivity contribution in [3.63, 3.8) is 0 Å². The van der Waals surface area contributed by atoms with E-state index >= 15 is 0 Å². The number of hydrogen-bond donors (Lipinski definition) is 0. The highest BCUT2D eigenvalue weighted by atomic mass is 16.2. The van der Waals surface area contributed by atoms with Crippen LogP contribution in [-0.2, 0) is 11.3 Å². The van der Waals surface area contributed by atoms with Gasteiger partial charge in [-0.2, -0.15) is 0 Å². The van der Waals surface area contributed by atoms with Gasteiger partial charge in [0, 0.05) is 57.3 Å². The van der Waals surface area contributed by atoms with Crippen LogP contribution in [0.4, 0.5) is 5.69 Å². The predicted molar refractivity (Wildman–Crippen MR) is 111 cm³/mol. The SMILES string of the molecule is Cc1nccn1CCCN1CCN([C@H]2CCCN(c3ccccc3)C2=O)CC1. The lowest BCUT2D eigenvalue weighted by Gasteiger charge is -2.42. The van der Waals surface area contributed by atoms with Crippen LogP contribution in [0.15, 0.2) is 42.7 Å². The number of aryl methyl sites for hydroxylation is 2. The van der Waals surface area contributed by atoms with Crippen LogP contribution in [0, 0.1) is 6.92 Å². The van der Waals surface area contributed by atoms with Crippen LogP contribution in [0.5, 0.6) is 0 Å². The normalized spacial score (nSPS) is 22.0. The highest BCUT2D eigenvalue weighted by Crippen LogP contribution is 2.24. The first kappa shape index (κ1) is 19.2. The molecule has 6 nitrogen and oxygen atoms in total. The fourth-order valence-corrected chi connectivity index (χ4v) is 4.46. The molecule has 2 aliphatic heterocycles. The number of amides is 1. The van der Waals surface area contributed by atoms with E-state index in [9.17, 15) is 4.79 Å². The summed E-state index contributed by atoms with van der Waals surface area (Å²) in [6.07, 6.45) is 7.13. The molecule has 0 bridgehead atoms. The molecule has 1 atom stereocenters. The summed E-state index contributed by atoms with van der Waals surface area (Å²) in [5.41, 5.74) is 1.03. The van der Waals surface area contributed by atoms with Crippen LogP contribution in [0.1, 0.15) is 25.1 Å². The first-order valence-electron chi connectivity index (χ1n) is 10.5. The number of para-hydroxylation sites is 1. The minimum Gasteiger partial charge on any atom is -0.335 e. The summed E-state index contributed by atoms with van der Waals surface area (Å²) in [5.74, 6) is 1.37. The summed E-state index contributed by atoms with van der Waals surface area (Å²) in [7, 11) is 0. The molecule has 2 aromatic rings. The van der Waals surface area contributed by atoms with Crippen LogP contribution in [0.2, 0.25) is 0 Å². The van der Waals surface area contributed by atoms with E-state index in [-0.39, 0.29) is 11.9 Å². The first-order chi connectivity index (χ1) is 13.7. The highest BCUT2D eigenvalue weighted by Gasteiger charge is 2.35. The van der Waals surface area contributed by atoms with E-state index in [0.29, 0.717) is 0 Å². The Morgan fingerprint density at radius 1 is 1.04 bits per heavy atom. The molecular weight excluding hydrogens is 350 g/mol. The molecule has 150 valence electrons. The van der Waals surface area contributed by atoms with E-state index < -0.39 is 0 Å². The third-order valence-corrected chi connectivity index (χ3v) is 6.12. The molecule has 28 heavy (non-hydrogen) atoms. The second-order valence-corrected chi connectivity index (χ2v) is 7.88. The zero-order valence-electron chi connectivity index (χ0n) is 16.8. The van der Waals surface area contributed by atoms with Crippen molar-refractivity contribution in [3.8, 4) is 0 Å². The molecule has 1 aromatic heterocycles. The van der Waals surface area contributed by atoms with Crippen molar-refractivity contribution >= 4 is 11.6 Å². The van der Waals surface area contributed by atoms with E-state index in [1.807, 2.05) is 41.4 Å². The van der Waals surface area contributed by atoms with Crippen molar-refractivity contribution in [2.45, 2.75) is 38.8 Å². The van der Waals surface area contributed by atoms with Crippen molar-refractivity contribution < 1.29 is 4.79 Å². The van der Waals surface area contributed by atoms with Gasteiger partial charge in [0.05, 0.1) is 6.04 Å². The third-order valence-electron chi connectivity index (χ3n) is 6.12. The zero-order chi connectivity index (χ0) is 19.3. The van der Waals surface area contributed by atoms with Crippen molar-refractivity contribution in [3.05, 3.63) is 48.5 Å². The number of rotatable bonds is 6. The average Bonchev–Trinajstić information content (AvgIpc) is 3.14. The minimum atomic E-state index is 0.0460. The Hall–Kier alpha value is -2.18. The molecule has 0 aliphatic carbocycles. The van der Waals surface area contributed by atoms with E-state index in [2.05, 4.69) is 32.5 Å². The molecule has 0 N–H and O–H groups in total. The summed E-state index contributed by atoms with van der Waals surface area (Å²) in [6, 6.07) is 10.2. The van der Waals surface area contributed by atoms with Crippen LogP contribution in [-0.4, -0.2) is 70.6 Å². The molecule has 2 aliphatic rings. The van der Waals surface area contributed by atoms with Gasteiger partial charge >= 0.3 is 0 Å². The molecule has 4 rings (SSSR count). The molecular formula is C22H31N5O. The number of benzene rings is 1. The maximum absolute atomic E-state index is 13.1. The number of imidazole rings is 1. The van der Waals surface area contributed by atoms with E-state index in [4.69, 9.17) is 0 Å². The standard InChI is InChI=1S/C22H31N5O/c1-19-23-10-14-25(19)12-6-11-24-15-17-26(18-16-24)21-9-5-13-27(22(21)28)20-7-3-2-4-8-20/h2-4,7-8,10,14,21H,5-6,9,11-13,15-18H2,1H3/t21-/m0/s1. The van der Waals surface area contributed by atoms with Gasteiger partial charge in [0.2, 0.25) is 5.91 Å². The number of anilines is 1. The Labute approximate surface area is 167 Å². The van der Waals surface area contributed by atoms with Crippen LogP contribution >= 0.6 is 0 Å². The number of nitrogens with zero attached hydrogens (tertiary/aromatic N) is 5. The van der Waals surface area contributed by atoms with Gasteiger partial charge in [-0.3, -0.25) is 9.69 Å². The molecule has 1 aromatic carbocycles. The summed E-state index contributed by atoms with van der Waals surface area (Å²) in [4.78, 5) is 24.3. The largest absolute Gasteiger partial charge is 0.335 e. The molecule has 1 amide bonds. The molecule has 0 radical (unpaired) electrons. The van der Waals surface area contributed by atoms with Crippen molar-refractivity contribution in [1.29, 1.82) is 0 Å². The average molecular weight is 382 g/mol. The third kappa shape index (κ3) is 4.28. The number of carbonyl (C=O) groups is 1. The first-order valence-corrected chi connectivity index (χ1v) is 10.5. The summed E-state index contributed by atoms with van der Waals surface area (Å²) in [5, 5.41) is 0. The molecule has 3 heterocycles. The quantitative estimate of drug-likeness (QED) is 0.771. The lowest BCUT2D eigenvalue weighted by molar-refractivity contribution is -0.126. The maximum atomic E-state index is 13.1. The van der Waals surface area contributed by atoms with Crippen molar-refractivity contribution in [2.24, 2.45) is 0 Å². The fraction of sp³-hybridized carbons (Fsp3) is 0.545. The van der Waals surface area contributed by atoms with Gasteiger partial charge in [-0.25, -0.2) is 4.98 Å². The monoisotopic (exact) mass is 381 g/mol. The van der Waals surface area contributed by atoms with Gasteiger partial charge in [-0.15, -0.1) is 0 Å². The van der Waals surface area contributed by atoms with Gasteiger partial charge in [0.15, 0.2) is 0 Å². The number of aromatic nitrogens is 2. The van der Waals surface area contributed by atoms with Gasteiger partial charge in [-0.05, 0) is 44.9 Å². The van der Waals surface area contributed by atoms with E-state index in [1.165, 1.54) is 0 Å². The zero-order valence-corrected chi connectivity index (χ0v) is 16.8. The lowest BCUT2D eigenvalue weighted by Crippen LogP contribution is -2.57. The smallest absolute Gasteiger partial charge is 0.244 e. The Morgan fingerprint density at radius 3 is 2.54 bits per heavy atom. The predicted octanol–water partition coefficient (Wildman–Crippen LogP) is 2.39. The maximum Gasteiger partial charge on any atom is 0.244 e. The topological polar surface area (TPSA) is 44.6 Å². The van der Waals surface area contributed by atoms with Gasteiger partial charge in [0.25, 0.3) is 0 Å². The van der Waals surface area contributed by atoms with E-state index in [0.717, 1.165) is 76.6 Å². The Kier molecular flexibility index (Phi) is 6.07. The molecule has 6 heteroatoms. The Morgan fingerprint density at radius 2 is 1.82 bits per heavy atom. The van der Waals surface area contributed by atoms with Crippen LogP contribution < -0.4 is 4.90 Å². The Bertz CT molecular complexity index is 766. The summed E-state index contributed by atoms with van der Waals surface area (Å²) >= 11 is 0. The highest BCUT2D eigenvalue weighted by molar-refractivity contribution is 5.97. The number of piperazine rings is 1. The van der Waals surface area contributed by atoms with Gasteiger partial charge < -0.3 is 14.4 Å². The molecule has 2 saturated heterocycles. The molecule has 0 unspecified atom stereocenters. The number of hydrogen-bond acceptors (Lipinski definition) is 4. The number of carbonyl (C=O) groups excluding carboxylic acids is 1.